The van der Waals surface area contributed by atoms with Gasteiger partial charge in [-0.2, -0.15) is 0 Å². The minimum atomic E-state index is -2.06. The van der Waals surface area contributed by atoms with Gasteiger partial charge < -0.3 is 64.5 Å². The Balaban J connectivity index is 0.800. The maximum absolute atomic E-state index is 15.1. The maximum Gasteiger partial charge on any atom is 0.312 e. The molecule has 4 aromatic carbocycles. The number of anilines is 3. The molecule has 8 atom stereocenters. The number of unbranched alkanes of at least 4 members (excludes halogenated alkanes) is 2. The molecule has 6 aliphatic rings. The summed E-state index contributed by atoms with van der Waals surface area (Å²) in [7, 11) is 1.52. The first-order valence-electron chi connectivity index (χ1n) is 34.9. The lowest BCUT2D eigenvalue weighted by atomic mass is 9.82. The van der Waals surface area contributed by atoms with Gasteiger partial charge in [-0.05, 0) is 123 Å². The first-order chi connectivity index (χ1) is 48.6. The van der Waals surface area contributed by atoms with Gasteiger partial charge in [0.25, 0.3) is 23.5 Å². The third-order valence-corrected chi connectivity index (χ3v) is 19.6. The van der Waals surface area contributed by atoms with Crippen LogP contribution in [-0.4, -0.2) is 125 Å². The fourth-order valence-electron chi connectivity index (χ4n) is 14.0. The predicted octanol–water partition coefficient (Wildman–Crippen LogP) is 11.4. The molecule has 1 fully saturated rings. The summed E-state index contributed by atoms with van der Waals surface area (Å²) < 4.78 is 37.2. The van der Waals surface area contributed by atoms with Crippen LogP contribution in [0.25, 0.3) is 33.3 Å². The highest BCUT2D eigenvalue weighted by atomic mass is 16.7. The van der Waals surface area contributed by atoms with E-state index in [1.54, 1.807) is 63.3 Å². The van der Waals surface area contributed by atoms with E-state index in [1.165, 1.54) is 46.3 Å². The van der Waals surface area contributed by atoms with E-state index in [1.807, 2.05) is 56.3 Å². The predicted molar refractivity (Wildman–Crippen MR) is 384 cm³/mol. The summed E-state index contributed by atoms with van der Waals surface area (Å²) in [6.45, 7) is 19.0. The number of hydrogen-bond donors (Lipinski definition) is 6. The van der Waals surface area contributed by atoms with Crippen molar-refractivity contribution in [2.45, 2.75) is 157 Å². The quantitative estimate of drug-likeness (QED) is 0.0144. The van der Waals surface area contributed by atoms with Crippen LogP contribution in [0.5, 0.6) is 23.0 Å². The highest BCUT2D eigenvalue weighted by molar-refractivity contribution is 6.22. The number of fused-ring (bicyclic) bond motifs is 2. The number of carbonyl (C=O) groups is 8. The summed E-state index contributed by atoms with van der Waals surface area (Å²) in [5.41, 5.74) is 1.90. The van der Waals surface area contributed by atoms with Crippen LogP contribution >= 0.6 is 0 Å². The standard InChI is InChI=1S/C78H91N7O17/c1-42(2)66(81-59(88)18-13-12-14-32-85-61(90)27-28-62(85)91)77(96)79-40-60(89)80-53-23-19-50(20-24-53)41-98-55-25-21-51(22-26-55)52-29-33-84(34-30-52)54-38-56(87)67-58(39-54)101-74-68(82-67)63-64-70(92)48(8)73-65(63)75(94)78(10,102-73)99-35-31-57(97-11)47(7)72(100-49(9)86)46(6)37-44(4)36-43(3)16-15-17-45(5)76(95)83-69(74)71(64)93/h15-17,19-28,31,35,38-39,42-44,46-47,52,57,66,72,87,92H,12-14,18,29-30,32-34,36-37,40-41H2,1-11H3,(H,79,96)(H,80,89)(H,81,88)(H,83,95)/b16-15+,35-31+,45-17-/t43-,44+,46+,47+,57-,66?,72-,78-/m0/s1. The van der Waals surface area contributed by atoms with E-state index in [0.717, 1.165) is 41.7 Å². The number of amides is 6. The number of rotatable bonds is 19. The van der Waals surface area contributed by atoms with E-state index in [-0.39, 0.29) is 147 Å². The first-order valence-corrected chi connectivity index (χ1v) is 34.9. The van der Waals surface area contributed by atoms with Gasteiger partial charge in [-0.25, -0.2) is 4.98 Å². The Labute approximate surface area is 592 Å². The molecule has 5 aliphatic heterocycles. The molecule has 0 radical (unpaired) electrons. The monoisotopic (exact) mass is 1400 g/mol. The van der Waals surface area contributed by atoms with E-state index in [9.17, 15) is 43.8 Å². The normalized spacial score (nSPS) is 22.8. The van der Waals surface area contributed by atoms with Crippen LogP contribution in [0.3, 0.4) is 0 Å². The number of hydrogen-bond acceptors (Lipinski definition) is 19. The van der Waals surface area contributed by atoms with Crippen LogP contribution in [-0.2, 0) is 54.4 Å². The van der Waals surface area contributed by atoms with E-state index >= 15 is 9.59 Å². The maximum atomic E-state index is 15.1. The number of ketones is 1. The highest BCUT2D eigenvalue weighted by Crippen LogP contribution is 2.51. The number of ether oxygens (including phenoxy) is 5. The molecule has 1 aliphatic carbocycles. The van der Waals surface area contributed by atoms with Crippen molar-refractivity contribution >= 4 is 86.1 Å². The Morgan fingerprint density at radius 2 is 1.57 bits per heavy atom. The molecular formula is C78H91N7O17. The Kier molecular flexibility index (Phi) is 23.4. The second-order valence-electron chi connectivity index (χ2n) is 27.9. The third-order valence-electron chi connectivity index (χ3n) is 19.6. The smallest absolute Gasteiger partial charge is 0.312 e. The number of carbonyl (C=O) groups excluding carboxylic acids is 8. The van der Waals surface area contributed by atoms with Crippen LogP contribution < -0.4 is 41.1 Å². The number of benzene rings is 5. The minimum absolute atomic E-state index is 0.0287. The Bertz CT molecular complexity index is 4340. The topological polar surface area (TPSA) is 321 Å². The van der Waals surface area contributed by atoms with Gasteiger partial charge in [-0.1, -0.05) is 90.5 Å². The SMILES string of the molecule is CO[C@H]1/C=C/O[C@@]2(C)Oc3c(C)c(O)c4c(=O)c(c5oc6cc(N7CCC(c8ccc(OCc9ccc(NC(=O)CNC(=O)C(NC(=O)CCCCCN%10C(=O)C=CC%10=O)C(C)C)cc9)cc8)CC7)cc(O)c6nc-5c4c3C2=O)NC(=O)/C(C)=C\C=C\[C@H](C)C[C@@H](C)C[C@@H](C)[C@H](OC(C)=O)[C@@H]1C. The third kappa shape index (κ3) is 16.8. The Morgan fingerprint density at radius 3 is 2.25 bits per heavy atom. The van der Waals surface area contributed by atoms with Crippen LogP contribution in [0.4, 0.5) is 17.1 Å². The van der Waals surface area contributed by atoms with Crippen LogP contribution in [0.1, 0.15) is 147 Å². The van der Waals surface area contributed by atoms with Crippen molar-refractivity contribution in [2.24, 2.45) is 29.6 Å². The molecule has 6 amide bonds. The number of allylic oxidation sites excluding steroid dienone is 3. The second kappa shape index (κ2) is 32.1. The molecule has 5 heterocycles. The largest absolute Gasteiger partial charge is 0.507 e. The second-order valence-corrected chi connectivity index (χ2v) is 27.9. The molecule has 540 valence electrons. The first kappa shape index (κ1) is 74.3. The summed E-state index contributed by atoms with van der Waals surface area (Å²) in [4.78, 5) is 127. The highest BCUT2D eigenvalue weighted by Gasteiger charge is 2.50. The number of aromatic nitrogens is 1. The van der Waals surface area contributed by atoms with Gasteiger partial charge >= 0.3 is 11.8 Å². The number of phenolic OH excluding ortho intramolecular Hbond substituents is 2. The van der Waals surface area contributed by atoms with Crippen LogP contribution in [0.2, 0.25) is 0 Å². The number of imide groups is 1. The van der Waals surface area contributed by atoms with E-state index in [2.05, 4.69) is 40.0 Å². The average molecular weight is 1400 g/mol. The summed E-state index contributed by atoms with van der Waals surface area (Å²) in [5, 5.41) is 34.4. The van der Waals surface area contributed by atoms with Gasteiger partial charge in [-0.15, -0.1) is 0 Å². The lowest BCUT2D eigenvalue weighted by Crippen LogP contribution is -2.51. The lowest BCUT2D eigenvalue weighted by Gasteiger charge is -2.34. The summed E-state index contributed by atoms with van der Waals surface area (Å²) in [6.07, 6.45) is 14.4. The fraction of sp³-hybridized carbons (Fsp3) is 0.436. The van der Waals surface area contributed by atoms with Crippen molar-refractivity contribution in [1.82, 2.24) is 20.5 Å². The zero-order valence-corrected chi connectivity index (χ0v) is 59.6. The van der Waals surface area contributed by atoms with Gasteiger partial charge in [0.15, 0.2) is 11.3 Å². The number of nitrogens with zero attached hydrogens (tertiary/aromatic N) is 3. The number of esters is 1. The number of aromatic hydroxyl groups is 2. The average Bonchev–Trinajstić information content (AvgIpc) is 1.40. The fourth-order valence-corrected chi connectivity index (χ4v) is 14.0. The molecule has 1 unspecified atom stereocenters. The van der Waals surface area contributed by atoms with Gasteiger partial charge in [0.1, 0.15) is 58.6 Å². The van der Waals surface area contributed by atoms with Gasteiger partial charge in [0.2, 0.25) is 23.2 Å². The molecule has 24 heteroatoms. The zero-order chi connectivity index (χ0) is 73.4. The van der Waals surface area contributed by atoms with Gasteiger partial charge in [0.05, 0.1) is 29.9 Å². The van der Waals surface area contributed by atoms with E-state index < -0.39 is 64.7 Å². The van der Waals surface area contributed by atoms with Crippen molar-refractivity contribution in [2.75, 3.05) is 48.8 Å². The molecule has 4 aromatic rings. The van der Waals surface area contributed by atoms with Crippen molar-refractivity contribution in [3.63, 3.8) is 0 Å². The van der Waals surface area contributed by atoms with Crippen molar-refractivity contribution in [3.8, 4) is 34.5 Å². The Hall–Kier alpha value is -10.4. The number of methoxy groups -OCH3 is 1. The summed E-state index contributed by atoms with van der Waals surface area (Å²) >= 11 is 0. The molecule has 1 saturated heterocycles. The zero-order valence-electron chi connectivity index (χ0n) is 59.6. The van der Waals surface area contributed by atoms with E-state index in [0.29, 0.717) is 49.5 Å². The van der Waals surface area contributed by atoms with Crippen LogP contribution in [0, 0.1) is 36.5 Å². The molecular weight excluding hydrogens is 1310 g/mol. The van der Waals surface area contributed by atoms with Crippen molar-refractivity contribution in [3.05, 3.63) is 141 Å². The molecule has 24 nitrogen and oxygen atoms in total. The molecule has 0 saturated carbocycles. The van der Waals surface area contributed by atoms with Gasteiger partial charge in [-0.3, -0.25) is 48.1 Å². The van der Waals surface area contributed by atoms with Crippen molar-refractivity contribution < 1.29 is 76.7 Å². The minimum Gasteiger partial charge on any atom is -0.507 e. The number of piperidine rings is 1. The number of Topliss-reactive ketones (excluding diaryl/α,β-unsaturated/α-hetero) is 1. The van der Waals surface area contributed by atoms with Crippen molar-refractivity contribution in [1.29, 1.82) is 0 Å². The molecule has 0 spiro atoms. The van der Waals surface area contributed by atoms with Crippen LogP contribution in [0.15, 0.2) is 118 Å². The summed E-state index contributed by atoms with van der Waals surface area (Å²) in [6, 6.07) is 17.5. The molecule has 0 aromatic heterocycles. The lowest BCUT2D eigenvalue weighted by molar-refractivity contribution is -0.155. The number of phenols is 2. The van der Waals surface area contributed by atoms with E-state index in [4.69, 9.17) is 33.1 Å². The number of nitrogens with one attached hydrogen (secondary N) is 4. The molecule has 6 N–H and O–H groups in total. The molecule has 4 bridgehead atoms. The summed E-state index contributed by atoms with van der Waals surface area (Å²) in [5.74, 6) is -6.54. The Morgan fingerprint density at radius 1 is 0.863 bits per heavy atom. The van der Waals surface area contributed by atoms with Gasteiger partial charge in [0, 0.05) is 105 Å². The molecule has 10 rings (SSSR count). The molecule has 102 heavy (non-hydrogen) atoms.